The van der Waals surface area contributed by atoms with Gasteiger partial charge in [0.15, 0.2) is 11.5 Å². The highest BCUT2D eigenvalue weighted by molar-refractivity contribution is 6.29. The van der Waals surface area contributed by atoms with E-state index in [1.165, 1.54) is 4.80 Å². The normalized spacial score (nSPS) is 10.6. The Labute approximate surface area is 156 Å². The zero-order chi connectivity index (χ0) is 18.4. The molecule has 0 saturated carbocycles. The number of nitrogens with one attached hydrogen (secondary N) is 1. The van der Waals surface area contributed by atoms with Gasteiger partial charge in [-0.25, -0.2) is 4.98 Å². The summed E-state index contributed by atoms with van der Waals surface area (Å²) in [6, 6.07) is 9.34. The van der Waals surface area contributed by atoms with Gasteiger partial charge >= 0.3 is 0 Å². The molecule has 0 spiro atoms. The number of hydrogen-bond acceptors (Lipinski definition) is 7. The molecule has 0 fully saturated rings. The minimum Gasteiger partial charge on any atom is -0.493 e. The molecular weight excluding hydrogens is 356 g/mol. The minimum atomic E-state index is 0.377. The average molecular weight is 375 g/mol. The molecule has 1 aromatic carbocycles. The summed E-state index contributed by atoms with van der Waals surface area (Å²) in [7, 11) is 1.61. The van der Waals surface area contributed by atoms with Crippen molar-refractivity contribution < 1.29 is 9.47 Å². The SMILES string of the molecule is CCn1nnc(NCc2ccc(OCc3ccc(Cl)nc3)c(OC)c2)n1. The smallest absolute Gasteiger partial charge is 0.263 e. The fraction of sp³-hybridized carbons (Fsp3) is 0.294. The second-order valence-corrected chi connectivity index (χ2v) is 5.81. The predicted octanol–water partition coefficient (Wildman–Crippen LogP) is 2.94. The Hall–Kier alpha value is -2.87. The van der Waals surface area contributed by atoms with Crippen LogP contribution in [0.4, 0.5) is 5.95 Å². The van der Waals surface area contributed by atoms with Crippen LogP contribution in [0, 0.1) is 0 Å². The Morgan fingerprint density at radius 1 is 1.15 bits per heavy atom. The number of hydrogen-bond donors (Lipinski definition) is 1. The summed E-state index contributed by atoms with van der Waals surface area (Å²) in [6.07, 6.45) is 1.68. The standard InChI is InChI=1S/C17H19ClN6O2/c1-3-24-22-17(21-23-24)20-9-12-4-6-14(15(8-12)25-2)26-11-13-5-7-16(18)19-10-13/h4-8,10H,3,9,11H2,1-2H3,(H,20,22). The van der Waals surface area contributed by atoms with Crippen molar-refractivity contribution in [3.05, 3.63) is 52.8 Å². The zero-order valence-electron chi connectivity index (χ0n) is 14.5. The molecule has 0 unspecified atom stereocenters. The van der Waals surface area contributed by atoms with Gasteiger partial charge in [0.2, 0.25) is 0 Å². The van der Waals surface area contributed by atoms with Crippen molar-refractivity contribution in [2.24, 2.45) is 0 Å². The molecule has 0 amide bonds. The van der Waals surface area contributed by atoms with Gasteiger partial charge in [0, 0.05) is 18.3 Å². The fourth-order valence-corrected chi connectivity index (χ4v) is 2.34. The van der Waals surface area contributed by atoms with Crippen LogP contribution in [-0.4, -0.2) is 32.3 Å². The van der Waals surface area contributed by atoms with E-state index in [4.69, 9.17) is 21.1 Å². The molecular formula is C17H19ClN6O2. The van der Waals surface area contributed by atoms with Crippen molar-refractivity contribution >= 4 is 17.5 Å². The highest BCUT2D eigenvalue weighted by Crippen LogP contribution is 2.29. The third-order valence-corrected chi connectivity index (χ3v) is 3.82. The maximum absolute atomic E-state index is 5.82. The van der Waals surface area contributed by atoms with Crippen LogP contribution >= 0.6 is 11.6 Å². The molecule has 0 bridgehead atoms. The topological polar surface area (TPSA) is 87.0 Å². The first-order valence-corrected chi connectivity index (χ1v) is 8.47. The molecule has 3 rings (SSSR count). The summed E-state index contributed by atoms with van der Waals surface area (Å²) in [5, 5.41) is 15.6. The summed E-state index contributed by atoms with van der Waals surface area (Å²) in [4.78, 5) is 5.56. The Balaban J connectivity index is 1.62. The molecule has 0 saturated heterocycles. The summed E-state index contributed by atoms with van der Waals surface area (Å²) in [5.41, 5.74) is 1.93. The van der Waals surface area contributed by atoms with Gasteiger partial charge in [-0.1, -0.05) is 28.8 Å². The Morgan fingerprint density at radius 2 is 2.00 bits per heavy atom. The summed E-state index contributed by atoms with van der Waals surface area (Å²) in [5.74, 6) is 1.79. The van der Waals surface area contributed by atoms with Crippen LogP contribution in [-0.2, 0) is 19.7 Å². The van der Waals surface area contributed by atoms with Crippen molar-refractivity contribution in [1.29, 1.82) is 0 Å². The molecule has 26 heavy (non-hydrogen) atoms. The van der Waals surface area contributed by atoms with E-state index in [0.29, 0.717) is 42.3 Å². The largest absolute Gasteiger partial charge is 0.493 e. The van der Waals surface area contributed by atoms with Crippen molar-refractivity contribution in [3.63, 3.8) is 0 Å². The molecule has 136 valence electrons. The molecule has 3 aromatic rings. The van der Waals surface area contributed by atoms with Gasteiger partial charge in [-0.2, -0.15) is 4.80 Å². The number of methoxy groups -OCH3 is 1. The molecule has 0 aliphatic rings. The maximum Gasteiger partial charge on any atom is 0.263 e. The Bertz CT molecular complexity index is 853. The predicted molar refractivity (Wildman–Crippen MR) is 97.4 cm³/mol. The lowest BCUT2D eigenvalue weighted by Crippen LogP contribution is -2.04. The van der Waals surface area contributed by atoms with E-state index in [9.17, 15) is 0 Å². The number of aryl methyl sites for hydroxylation is 1. The molecule has 1 N–H and O–H groups in total. The van der Waals surface area contributed by atoms with E-state index >= 15 is 0 Å². The quantitative estimate of drug-likeness (QED) is 0.606. The van der Waals surface area contributed by atoms with Crippen LogP contribution in [0.1, 0.15) is 18.1 Å². The van der Waals surface area contributed by atoms with Gasteiger partial charge in [-0.15, -0.1) is 5.10 Å². The van der Waals surface area contributed by atoms with E-state index in [2.05, 4.69) is 25.7 Å². The number of tetrazole rings is 1. The van der Waals surface area contributed by atoms with Gasteiger partial charge in [-0.3, -0.25) is 0 Å². The average Bonchev–Trinajstić information content (AvgIpc) is 3.14. The molecule has 0 aliphatic heterocycles. The molecule has 0 atom stereocenters. The number of aromatic nitrogens is 5. The van der Waals surface area contributed by atoms with E-state index in [0.717, 1.165) is 11.1 Å². The van der Waals surface area contributed by atoms with Gasteiger partial charge in [-0.05, 0) is 35.9 Å². The van der Waals surface area contributed by atoms with E-state index in [1.54, 1.807) is 19.4 Å². The van der Waals surface area contributed by atoms with Crippen molar-refractivity contribution in [1.82, 2.24) is 25.2 Å². The van der Waals surface area contributed by atoms with Crippen LogP contribution in [0.3, 0.4) is 0 Å². The highest BCUT2D eigenvalue weighted by atomic mass is 35.5. The number of rotatable bonds is 8. The zero-order valence-corrected chi connectivity index (χ0v) is 15.3. The summed E-state index contributed by atoms with van der Waals surface area (Å²) >= 11 is 5.79. The van der Waals surface area contributed by atoms with Crippen LogP contribution in [0.25, 0.3) is 0 Å². The van der Waals surface area contributed by atoms with Crippen LogP contribution in [0.5, 0.6) is 11.5 Å². The lowest BCUT2D eigenvalue weighted by molar-refractivity contribution is 0.284. The van der Waals surface area contributed by atoms with Crippen LogP contribution in [0.15, 0.2) is 36.5 Å². The van der Waals surface area contributed by atoms with Crippen molar-refractivity contribution in [2.45, 2.75) is 26.6 Å². The molecule has 8 nitrogen and oxygen atoms in total. The second kappa shape index (κ2) is 8.48. The Kier molecular flexibility index (Phi) is 5.85. The Morgan fingerprint density at radius 3 is 2.69 bits per heavy atom. The third kappa shape index (κ3) is 4.60. The second-order valence-electron chi connectivity index (χ2n) is 5.42. The molecule has 9 heteroatoms. The first kappa shape index (κ1) is 17.9. The minimum absolute atomic E-state index is 0.377. The molecule has 2 aromatic heterocycles. The lowest BCUT2D eigenvalue weighted by Gasteiger charge is -2.12. The van der Waals surface area contributed by atoms with Gasteiger partial charge in [0.25, 0.3) is 5.95 Å². The number of benzene rings is 1. The van der Waals surface area contributed by atoms with Crippen molar-refractivity contribution in [3.8, 4) is 11.5 Å². The van der Waals surface area contributed by atoms with E-state index in [-0.39, 0.29) is 0 Å². The van der Waals surface area contributed by atoms with Crippen LogP contribution in [0.2, 0.25) is 5.15 Å². The third-order valence-electron chi connectivity index (χ3n) is 3.60. The number of nitrogens with zero attached hydrogens (tertiary/aromatic N) is 5. The van der Waals surface area contributed by atoms with Gasteiger partial charge < -0.3 is 14.8 Å². The lowest BCUT2D eigenvalue weighted by atomic mass is 10.2. The van der Waals surface area contributed by atoms with E-state index < -0.39 is 0 Å². The molecule has 0 radical (unpaired) electrons. The van der Waals surface area contributed by atoms with E-state index in [1.807, 2.05) is 31.2 Å². The van der Waals surface area contributed by atoms with Gasteiger partial charge in [0.1, 0.15) is 11.8 Å². The highest BCUT2D eigenvalue weighted by Gasteiger charge is 2.08. The first-order valence-electron chi connectivity index (χ1n) is 8.09. The monoisotopic (exact) mass is 374 g/mol. The number of ether oxygens (including phenoxy) is 2. The fourth-order valence-electron chi connectivity index (χ4n) is 2.22. The number of pyridine rings is 1. The van der Waals surface area contributed by atoms with Gasteiger partial charge in [0.05, 0.1) is 13.7 Å². The number of anilines is 1. The molecule has 0 aliphatic carbocycles. The summed E-state index contributed by atoms with van der Waals surface area (Å²) < 4.78 is 11.3. The first-order chi connectivity index (χ1) is 12.7. The van der Waals surface area contributed by atoms with Crippen molar-refractivity contribution in [2.75, 3.05) is 12.4 Å². The maximum atomic E-state index is 5.82. The molecule has 2 heterocycles. The number of halogens is 1. The van der Waals surface area contributed by atoms with Crippen LogP contribution < -0.4 is 14.8 Å². The summed E-state index contributed by atoms with van der Waals surface area (Å²) in [6.45, 7) is 3.56.